The third-order valence-corrected chi connectivity index (χ3v) is 2.01. The van der Waals surface area contributed by atoms with Gasteiger partial charge >= 0.3 is 6.01 Å². The normalized spacial score (nSPS) is 10.1. The first-order chi connectivity index (χ1) is 7.63. The van der Waals surface area contributed by atoms with Crippen molar-refractivity contribution in [2.75, 3.05) is 5.73 Å². The van der Waals surface area contributed by atoms with Gasteiger partial charge in [0.1, 0.15) is 5.75 Å². The van der Waals surface area contributed by atoms with Crippen LogP contribution in [-0.2, 0) is 0 Å². The van der Waals surface area contributed by atoms with Crippen molar-refractivity contribution in [3.63, 3.8) is 0 Å². The average Bonchev–Trinajstić information content (AvgIpc) is 2.15. The van der Waals surface area contributed by atoms with E-state index in [4.69, 9.17) is 33.7 Å². The van der Waals surface area contributed by atoms with Crippen molar-refractivity contribution in [2.45, 2.75) is 0 Å². The molecule has 16 heavy (non-hydrogen) atoms. The van der Waals surface area contributed by atoms with Crippen LogP contribution in [0, 0.1) is 0 Å². The molecule has 5 nitrogen and oxygen atoms in total. The van der Waals surface area contributed by atoms with Gasteiger partial charge in [-0.3, -0.25) is 0 Å². The molecule has 0 amide bonds. The van der Waals surface area contributed by atoms with Crippen LogP contribution in [-0.4, -0.2) is 15.0 Å². The fraction of sp³-hybridized carbons (Fsp3) is 0. The first kappa shape index (κ1) is 10.9. The predicted octanol–water partition coefficient (Wildman–Crippen LogP) is 2.55. The summed E-state index contributed by atoms with van der Waals surface area (Å²) in [5.41, 5.74) is 5.39. The number of hydrogen-bond acceptors (Lipinski definition) is 5. The smallest absolute Gasteiger partial charge is 0.328 e. The SMILES string of the molecule is Nc1nc(Cl)nc(Oc2cccc(Cl)c2)n1. The number of nitrogens with two attached hydrogens (primary N) is 1. The molecule has 0 fully saturated rings. The Morgan fingerprint density at radius 3 is 2.62 bits per heavy atom. The second-order valence-electron chi connectivity index (χ2n) is 2.80. The summed E-state index contributed by atoms with van der Waals surface area (Å²) in [5.74, 6) is 0.492. The van der Waals surface area contributed by atoms with E-state index in [1.54, 1.807) is 24.3 Å². The highest BCUT2D eigenvalue weighted by molar-refractivity contribution is 6.30. The Balaban J connectivity index is 2.27. The zero-order valence-electron chi connectivity index (χ0n) is 7.89. The van der Waals surface area contributed by atoms with E-state index in [0.717, 1.165) is 0 Å². The Labute approximate surface area is 101 Å². The molecular weight excluding hydrogens is 251 g/mol. The maximum absolute atomic E-state index is 5.79. The van der Waals surface area contributed by atoms with Gasteiger partial charge in [0.15, 0.2) is 0 Å². The number of rotatable bonds is 2. The number of ether oxygens (including phenoxy) is 1. The summed E-state index contributed by atoms with van der Waals surface area (Å²) in [6.07, 6.45) is 0. The zero-order valence-corrected chi connectivity index (χ0v) is 9.40. The van der Waals surface area contributed by atoms with Crippen molar-refractivity contribution in [1.82, 2.24) is 15.0 Å². The molecule has 1 aromatic carbocycles. The van der Waals surface area contributed by atoms with Crippen LogP contribution < -0.4 is 10.5 Å². The van der Waals surface area contributed by atoms with Crippen LogP contribution in [0.5, 0.6) is 11.8 Å². The lowest BCUT2D eigenvalue weighted by Crippen LogP contribution is -2.00. The molecule has 0 unspecified atom stereocenters. The lowest BCUT2D eigenvalue weighted by Gasteiger charge is -2.04. The lowest BCUT2D eigenvalue weighted by atomic mass is 10.3. The van der Waals surface area contributed by atoms with E-state index < -0.39 is 0 Å². The predicted molar refractivity (Wildman–Crippen MR) is 60.8 cm³/mol. The Kier molecular flexibility index (Phi) is 3.07. The Morgan fingerprint density at radius 1 is 1.12 bits per heavy atom. The highest BCUT2D eigenvalue weighted by Gasteiger charge is 2.05. The summed E-state index contributed by atoms with van der Waals surface area (Å²) < 4.78 is 5.31. The topological polar surface area (TPSA) is 73.9 Å². The quantitative estimate of drug-likeness (QED) is 0.894. The summed E-state index contributed by atoms with van der Waals surface area (Å²) in [7, 11) is 0. The monoisotopic (exact) mass is 256 g/mol. The van der Waals surface area contributed by atoms with Gasteiger partial charge < -0.3 is 10.5 Å². The third-order valence-electron chi connectivity index (χ3n) is 1.61. The first-order valence-electron chi connectivity index (χ1n) is 4.24. The fourth-order valence-corrected chi connectivity index (χ4v) is 1.37. The number of anilines is 1. The van der Waals surface area contributed by atoms with Crippen molar-refractivity contribution >= 4 is 29.2 Å². The van der Waals surface area contributed by atoms with Gasteiger partial charge in [0, 0.05) is 5.02 Å². The van der Waals surface area contributed by atoms with Crippen LogP contribution in [0.15, 0.2) is 24.3 Å². The molecule has 2 rings (SSSR count). The first-order valence-corrected chi connectivity index (χ1v) is 4.99. The summed E-state index contributed by atoms with van der Waals surface area (Å²) in [6, 6.07) is 6.82. The number of nitrogen functional groups attached to an aromatic ring is 1. The molecule has 2 N–H and O–H groups in total. The molecule has 1 aromatic heterocycles. The molecule has 0 aliphatic heterocycles. The number of halogens is 2. The fourth-order valence-electron chi connectivity index (χ4n) is 1.03. The van der Waals surface area contributed by atoms with Crippen LogP contribution in [0.1, 0.15) is 0 Å². The second kappa shape index (κ2) is 4.51. The molecule has 0 aliphatic rings. The molecule has 7 heteroatoms. The van der Waals surface area contributed by atoms with E-state index in [0.29, 0.717) is 10.8 Å². The summed E-state index contributed by atoms with van der Waals surface area (Å²) in [6.45, 7) is 0. The maximum atomic E-state index is 5.79. The molecule has 0 aliphatic carbocycles. The summed E-state index contributed by atoms with van der Waals surface area (Å²) in [5, 5.41) is 0.523. The number of hydrogen-bond donors (Lipinski definition) is 1. The van der Waals surface area contributed by atoms with Crippen LogP contribution >= 0.6 is 23.2 Å². The number of aromatic nitrogens is 3. The van der Waals surface area contributed by atoms with E-state index in [2.05, 4.69) is 15.0 Å². The second-order valence-corrected chi connectivity index (χ2v) is 3.58. The molecule has 0 saturated carbocycles. The largest absolute Gasteiger partial charge is 0.424 e. The van der Waals surface area contributed by atoms with Crippen molar-refractivity contribution < 1.29 is 4.74 Å². The molecular formula is C9H6Cl2N4O. The zero-order chi connectivity index (χ0) is 11.5. The van der Waals surface area contributed by atoms with E-state index in [9.17, 15) is 0 Å². The van der Waals surface area contributed by atoms with Gasteiger partial charge in [-0.1, -0.05) is 17.7 Å². The van der Waals surface area contributed by atoms with E-state index in [-0.39, 0.29) is 17.2 Å². The molecule has 2 aromatic rings. The molecule has 0 spiro atoms. The summed E-state index contributed by atoms with van der Waals surface area (Å²) in [4.78, 5) is 11.1. The van der Waals surface area contributed by atoms with Gasteiger partial charge in [-0.2, -0.15) is 15.0 Å². The van der Waals surface area contributed by atoms with Gasteiger partial charge in [0.2, 0.25) is 11.2 Å². The minimum Gasteiger partial charge on any atom is -0.424 e. The van der Waals surface area contributed by atoms with E-state index in [1.165, 1.54) is 0 Å². The molecule has 0 bridgehead atoms. The lowest BCUT2D eigenvalue weighted by molar-refractivity contribution is 0.441. The van der Waals surface area contributed by atoms with Crippen LogP contribution in [0.2, 0.25) is 10.3 Å². The highest BCUT2D eigenvalue weighted by atomic mass is 35.5. The minimum absolute atomic E-state index is 0.00275. The third kappa shape index (κ3) is 2.71. The molecule has 82 valence electrons. The van der Waals surface area contributed by atoms with Crippen LogP contribution in [0.3, 0.4) is 0 Å². The molecule has 0 atom stereocenters. The Hall–Kier alpha value is -1.59. The number of benzene rings is 1. The standard InChI is InChI=1S/C9H6Cl2N4O/c10-5-2-1-3-6(4-5)16-9-14-7(11)13-8(12)15-9/h1-4H,(H2,12,13,14,15). The van der Waals surface area contributed by atoms with E-state index in [1.807, 2.05) is 0 Å². The van der Waals surface area contributed by atoms with Gasteiger partial charge in [0.25, 0.3) is 0 Å². The van der Waals surface area contributed by atoms with Gasteiger partial charge in [-0.05, 0) is 29.8 Å². The van der Waals surface area contributed by atoms with Gasteiger partial charge in [-0.25, -0.2) is 0 Å². The molecule has 1 heterocycles. The Morgan fingerprint density at radius 2 is 1.94 bits per heavy atom. The molecule has 0 radical (unpaired) electrons. The average molecular weight is 257 g/mol. The molecule has 0 saturated heterocycles. The van der Waals surface area contributed by atoms with Gasteiger partial charge in [0.05, 0.1) is 0 Å². The maximum Gasteiger partial charge on any atom is 0.328 e. The minimum atomic E-state index is -0.0236. The highest BCUT2D eigenvalue weighted by Crippen LogP contribution is 2.22. The number of nitrogens with zero attached hydrogens (tertiary/aromatic N) is 3. The van der Waals surface area contributed by atoms with Crippen LogP contribution in [0.25, 0.3) is 0 Å². The van der Waals surface area contributed by atoms with Crippen molar-refractivity contribution in [2.24, 2.45) is 0 Å². The van der Waals surface area contributed by atoms with Crippen molar-refractivity contribution in [3.8, 4) is 11.8 Å². The van der Waals surface area contributed by atoms with Crippen molar-refractivity contribution in [1.29, 1.82) is 0 Å². The Bertz CT molecular complexity index is 500. The van der Waals surface area contributed by atoms with Crippen LogP contribution in [0.4, 0.5) is 5.95 Å². The van der Waals surface area contributed by atoms with Crippen molar-refractivity contribution in [3.05, 3.63) is 34.6 Å². The van der Waals surface area contributed by atoms with Gasteiger partial charge in [-0.15, -0.1) is 0 Å². The van der Waals surface area contributed by atoms with E-state index >= 15 is 0 Å². The summed E-state index contributed by atoms with van der Waals surface area (Å²) >= 11 is 11.4.